The number of carbonyl (C=O) groups is 1. The number of nitrogens with zero attached hydrogens (tertiary/aromatic N) is 3. The van der Waals surface area contributed by atoms with Gasteiger partial charge in [-0.2, -0.15) is 4.57 Å². The molecule has 0 N–H and O–H groups in total. The Kier molecular flexibility index (Phi) is 9.71. The number of aryl methyl sites for hydroxylation is 1. The normalized spacial score (nSPS) is 10.2. The monoisotopic (exact) mass is 505 g/mol. The number of Topliss-reactive ketones (excluding diaryl/α,β-unsaturated/α-hetero) is 1. The second-order valence-electron chi connectivity index (χ2n) is 7.62. The van der Waals surface area contributed by atoms with E-state index in [9.17, 15) is 4.79 Å². The van der Waals surface area contributed by atoms with E-state index < -0.39 is 0 Å². The molecule has 0 spiro atoms. The molecule has 4 rings (SSSR count). The van der Waals surface area contributed by atoms with Crippen molar-refractivity contribution in [1.82, 2.24) is 9.55 Å². The second-order valence-corrected chi connectivity index (χ2v) is 8.47. The van der Waals surface area contributed by atoms with Crippen molar-refractivity contribution >= 4 is 40.0 Å². The van der Waals surface area contributed by atoms with E-state index in [2.05, 4.69) is 39.7 Å². The Labute approximate surface area is 210 Å². The molecule has 2 aromatic carbocycles. The molecule has 0 radical (unpaired) electrons. The van der Waals surface area contributed by atoms with Gasteiger partial charge in [-0.25, -0.2) is 4.98 Å². The van der Waals surface area contributed by atoms with Crippen LogP contribution < -0.4 is 21.7 Å². The lowest BCUT2D eigenvalue weighted by atomic mass is 10.2. The SMILES string of the molecule is CC(C)=O.COc1ccc(C[n+]2ccc3c(c2)nc(C)n3Cc2cc(Cl)ccc2Cl)cc1.[Cl-]. The molecule has 0 unspecified atom stereocenters. The number of ether oxygens (including phenoxy) is 1. The van der Waals surface area contributed by atoms with Crippen LogP contribution >= 0.6 is 23.2 Å². The third-order valence-electron chi connectivity index (χ3n) is 4.80. The summed E-state index contributed by atoms with van der Waals surface area (Å²) in [7, 11) is 1.67. The van der Waals surface area contributed by atoms with Crippen LogP contribution in [0.5, 0.6) is 5.75 Å². The smallest absolute Gasteiger partial charge is 0.197 e. The molecule has 0 amide bonds. The number of hydrogen-bond acceptors (Lipinski definition) is 3. The van der Waals surface area contributed by atoms with Crippen molar-refractivity contribution < 1.29 is 26.5 Å². The standard InChI is InChI=1S/C22H20Cl2N3O.C3H6O.ClH/c1-15-25-21-14-26(12-16-3-6-19(28-2)7-4-16)10-9-22(21)27(15)13-17-11-18(23)5-8-20(17)24;1-3(2)4;/h3-11,14H,12-13H2,1-2H3;1-2H3;1H/q+1;;/p-1. The van der Waals surface area contributed by atoms with Gasteiger partial charge in [-0.3, -0.25) is 0 Å². The zero-order valence-electron chi connectivity index (χ0n) is 19.0. The molecule has 33 heavy (non-hydrogen) atoms. The minimum atomic E-state index is 0. The van der Waals surface area contributed by atoms with Crippen molar-refractivity contribution in [3.63, 3.8) is 0 Å². The lowest BCUT2D eigenvalue weighted by Crippen LogP contribution is -3.00. The third kappa shape index (κ3) is 7.19. The largest absolute Gasteiger partial charge is 1.00 e. The molecule has 0 bridgehead atoms. The summed E-state index contributed by atoms with van der Waals surface area (Å²) in [5, 5.41) is 1.38. The fourth-order valence-corrected chi connectivity index (χ4v) is 3.69. The van der Waals surface area contributed by atoms with E-state index >= 15 is 0 Å². The van der Waals surface area contributed by atoms with Gasteiger partial charge in [0.25, 0.3) is 0 Å². The van der Waals surface area contributed by atoms with Crippen molar-refractivity contribution in [2.75, 3.05) is 7.11 Å². The lowest BCUT2D eigenvalue weighted by molar-refractivity contribution is -0.687. The predicted octanol–water partition coefficient (Wildman–Crippen LogP) is 2.64. The summed E-state index contributed by atoms with van der Waals surface area (Å²) in [5.41, 5.74) is 4.20. The Balaban J connectivity index is 0.000000714. The van der Waals surface area contributed by atoms with Crippen molar-refractivity contribution in [3.8, 4) is 5.75 Å². The summed E-state index contributed by atoms with van der Waals surface area (Å²) in [4.78, 5) is 14.2. The number of hydrogen-bond donors (Lipinski definition) is 0. The van der Waals surface area contributed by atoms with E-state index in [0.717, 1.165) is 34.7 Å². The van der Waals surface area contributed by atoms with Crippen molar-refractivity contribution in [3.05, 3.63) is 87.9 Å². The van der Waals surface area contributed by atoms with Gasteiger partial charge >= 0.3 is 0 Å². The highest BCUT2D eigenvalue weighted by Crippen LogP contribution is 2.24. The molecule has 0 saturated heterocycles. The lowest BCUT2D eigenvalue weighted by Gasteiger charge is -2.09. The number of pyridine rings is 1. The van der Waals surface area contributed by atoms with Gasteiger partial charge in [0.2, 0.25) is 0 Å². The topological polar surface area (TPSA) is 48.0 Å². The molecular weight excluding hydrogens is 481 g/mol. The average Bonchev–Trinajstić information content (AvgIpc) is 3.05. The summed E-state index contributed by atoms with van der Waals surface area (Å²) >= 11 is 12.5. The fourth-order valence-electron chi connectivity index (χ4n) is 3.32. The van der Waals surface area contributed by atoms with Crippen molar-refractivity contribution in [2.45, 2.75) is 33.9 Å². The molecule has 5 nitrogen and oxygen atoms in total. The Morgan fingerprint density at radius 3 is 2.39 bits per heavy atom. The number of fused-ring (bicyclic) bond motifs is 1. The molecular formula is C25H26Cl3N3O2. The first-order valence-corrected chi connectivity index (χ1v) is 10.9. The first-order valence-electron chi connectivity index (χ1n) is 10.2. The summed E-state index contributed by atoms with van der Waals surface area (Å²) in [6.07, 6.45) is 4.15. The van der Waals surface area contributed by atoms with Gasteiger partial charge in [-0.15, -0.1) is 0 Å². The van der Waals surface area contributed by atoms with Crippen LogP contribution in [0, 0.1) is 6.92 Å². The minimum Gasteiger partial charge on any atom is -1.00 e. The van der Waals surface area contributed by atoms with Crippen LogP contribution in [0.25, 0.3) is 11.0 Å². The molecule has 0 aliphatic carbocycles. The third-order valence-corrected chi connectivity index (χ3v) is 5.40. The van der Waals surface area contributed by atoms with E-state index in [0.29, 0.717) is 16.6 Å². The molecule has 0 saturated carbocycles. The summed E-state index contributed by atoms with van der Waals surface area (Å²) in [6, 6.07) is 15.7. The first kappa shape index (κ1) is 26.7. The van der Waals surface area contributed by atoms with Gasteiger partial charge < -0.3 is 26.5 Å². The molecule has 0 atom stereocenters. The molecule has 0 aliphatic heterocycles. The number of halogens is 3. The maximum absolute atomic E-state index is 9.44. The molecule has 174 valence electrons. The van der Waals surface area contributed by atoms with Gasteiger partial charge in [-0.1, -0.05) is 23.2 Å². The van der Waals surface area contributed by atoms with Crippen molar-refractivity contribution in [1.29, 1.82) is 0 Å². The molecule has 2 aromatic heterocycles. The Bertz CT molecular complexity index is 1230. The zero-order chi connectivity index (χ0) is 23.3. The summed E-state index contributed by atoms with van der Waals surface area (Å²) < 4.78 is 9.51. The van der Waals surface area contributed by atoms with E-state index in [-0.39, 0.29) is 18.2 Å². The van der Waals surface area contributed by atoms with Crippen LogP contribution in [0.2, 0.25) is 10.0 Å². The fraction of sp³-hybridized carbons (Fsp3) is 0.240. The van der Waals surface area contributed by atoms with E-state index in [1.807, 2.05) is 31.2 Å². The van der Waals surface area contributed by atoms with E-state index in [1.165, 1.54) is 19.4 Å². The van der Waals surface area contributed by atoms with Crippen LogP contribution in [0.15, 0.2) is 60.9 Å². The van der Waals surface area contributed by atoms with Gasteiger partial charge in [0, 0.05) is 21.7 Å². The van der Waals surface area contributed by atoms with Gasteiger partial charge in [0.15, 0.2) is 24.5 Å². The highest BCUT2D eigenvalue weighted by atomic mass is 35.5. The van der Waals surface area contributed by atoms with Crippen LogP contribution in [0.1, 0.15) is 30.8 Å². The number of rotatable bonds is 5. The number of methoxy groups -OCH3 is 1. The van der Waals surface area contributed by atoms with Crippen molar-refractivity contribution in [2.24, 2.45) is 0 Å². The highest BCUT2D eigenvalue weighted by Gasteiger charge is 2.14. The molecule has 0 fully saturated rings. The molecule has 8 heteroatoms. The highest BCUT2D eigenvalue weighted by molar-refractivity contribution is 6.33. The van der Waals surface area contributed by atoms with Crippen LogP contribution in [-0.4, -0.2) is 22.4 Å². The second kappa shape index (κ2) is 12.0. The number of benzene rings is 2. The van der Waals surface area contributed by atoms with Crippen LogP contribution in [0.3, 0.4) is 0 Å². The maximum atomic E-state index is 9.44. The molecule has 4 aromatic rings. The average molecular weight is 507 g/mol. The Hall–Kier alpha value is -2.60. The van der Waals surface area contributed by atoms with E-state index in [4.69, 9.17) is 32.9 Å². The first-order chi connectivity index (χ1) is 15.3. The number of aromatic nitrogens is 3. The molecule has 2 heterocycles. The van der Waals surface area contributed by atoms with Crippen LogP contribution in [-0.2, 0) is 17.9 Å². The summed E-state index contributed by atoms with van der Waals surface area (Å²) in [6.45, 7) is 6.46. The van der Waals surface area contributed by atoms with Gasteiger partial charge in [-0.05, 0) is 68.8 Å². The summed E-state index contributed by atoms with van der Waals surface area (Å²) in [5.74, 6) is 1.96. The van der Waals surface area contributed by atoms with Gasteiger partial charge in [0.05, 0.1) is 19.2 Å². The minimum absolute atomic E-state index is 0. The van der Waals surface area contributed by atoms with Crippen LogP contribution in [0.4, 0.5) is 0 Å². The number of ketones is 1. The quantitative estimate of drug-likeness (QED) is 0.391. The number of imidazole rings is 1. The maximum Gasteiger partial charge on any atom is 0.197 e. The Morgan fingerprint density at radius 1 is 1.09 bits per heavy atom. The van der Waals surface area contributed by atoms with E-state index in [1.54, 1.807) is 13.2 Å². The number of carbonyl (C=O) groups excluding carboxylic acids is 1. The van der Waals surface area contributed by atoms with Gasteiger partial charge in [0.1, 0.15) is 17.4 Å². The zero-order valence-corrected chi connectivity index (χ0v) is 21.2. The predicted molar refractivity (Wildman–Crippen MR) is 129 cm³/mol. The molecule has 0 aliphatic rings. The Morgan fingerprint density at radius 2 is 1.76 bits per heavy atom.